The molecule has 6 nitrogen and oxygen atoms in total. The molecule has 2 aromatic rings. The summed E-state index contributed by atoms with van der Waals surface area (Å²) in [6.07, 6.45) is 0. The first-order valence-electron chi connectivity index (χ1n) is 7.40. The van der Waals surface area contributed by atoms with Gasteiger partial charge in [0.1, 0.15) is 12.4 Å². The SMILES string of the molecule is [C-]#[N+]c1ccc(Cl)c(CN2C(=O)COc3ccc(C(=O)CO)cc32)c1. The fourth-order valence-electron chi connectivity index (χ4n) is 2.56. The number of hydrogen-bond donors (Lipinski definition) is 1. The van der Waals surface area contributed by atoms with Crippen molar-refractivity contribution in [3.8, 4) is 5.75 Å². The van der Waals surface area contributed by atoms with Gasteiger partial charge in [-0.15, -0.1) is 0 Å². The lowest BCUT2D eigenvalue weighted by Gasteiger charge is -2.30. The number of ketones is 1. The van der Waals surface area contributed by atoms with Crippen molar-refractivity contribution >= 4 is 34.7 Å². The maximum atomic E-state index is 12.3. The topological polar surface area (TPSA) is 71.2 Å². The summed E-state index contributed by atoms with van der Waals surface area (Å²) in [4.78, 5) is 28.9. The molecule has 0 saturated heterocycles. The predicted octanol–water partition coefficient (Wildman–Crippen LogP) is 2.99. The predicted molar refractivity (Wildman–Crippen MR) is 92.3 cm³/mol. The number of ether oxygens (including phenoxy) is 1. The number of carbonyl (C=O) groups is 2. The van der Waals surface area contributed by atoms with E-state index in [-0.39, 0.29) is 24.6 Å². The Kier molecular flexibility index (Phi) is 4.70. The molecule has 0 aromatic heterocycles. The van der Waals surface area contributed by atoms with Gasteiger partial charge >= 0.3 is 0 Å². The molecular formula is C18H13ClN2O4. The second-order valence-electron chi connectivity index (χ2n) is 5.42. The molecule has 0 radical (unpaired) electrons. The minimum Gasteiger partial charge on any atom is -0.482 e. The number of aliphatic hydroxyl groups is 1. The average Bonchev–Trinajstić information content (AvgIpc) is 2.64. The highest BCUT2D eigenvalue weighted by molar-refractivity contribution is 6.31. The van der Waals surface area contributed by atoms with Crippen molar-refractivity contribution in [1.82, 2.24) is 0 Å². The Labute approximate surface area is 149 Å². The molecule has 0 unspecified atom stereocenters. The highest BCUT2D eigenvalue weighted by atomic mass is 35.5. The molecule has 0 atom stereocenters. The third kappa shape index (κ3) is 3.33. The number of carbonyl (C=O) groups excluding carboxylic acids is 2. The number of rotatable bonds is 4. The van der Waals surface area contributed by atoms with Crippen molar-refractivity contribution in [2.45, 2.75) is 6.54 Å². The van der Waals surface area contributed by atoms with Crippen molar-refractivity contribution in [2.75, 3.05) is 18.1 Å². The van der Waals surface area contributed by atoms with Gasteiger partial charge in [0.05, 0.1) is 18.8 Å². The Hall–Kier alpha value is -2.88. The summed E-state index contributed by atoms with van der Waals surface area (Å²) in [5.74, 6) is -0.272. The van der Waals surface area contributed by atoms with Gasteiger partial charge in [-0.2, -0.15) is 0 Å². The monoisotopic (exact) mass is 356 g/mol. The van der Waals surface area contributed by atoms with Crippen LogP contribution in [0.2, 0.25) is 5.02 Å². The summed E-state index contributed by atoms with van der Waals surface area (Å²) < 4.78 is 5.40. The minimum atomic E-state index is -0.619. The summed E-state index contributed by atoms with van der Waals surface area (Å²) in [5, 5.41) is 9.47. The first-order chi connectivity index (χ1) is 12.0. The first kappa shape index (κ1) is 17.0. The van der Waals surface area contributed by atoms with E-state index in [1.807, 2.05) is 0 Å². The lowest BCUT2D eigenvalue weighted by Crippen LogP contribution is -2.38. The Morgan fingerprint density at radius 3 is 2.84 bits per heavy atom. The van der Waals surface area contributed by atoms with E-state index >= 15 is 0 Å². The Morgan fingerprint density at radius 1 is 1.32 bits per heavy atom. The van der Waals surface area contributed by atoms with Crippen LogP contribution in [0.3, 0.4) is 0 Å². The van der Waals surface area contributed by atoms with Gasteiger partial charge in [0.2, 0.25) is 0 Å². The van der Waals surface area contributed by atoms with E-state index in [0.717, 1.165) is 0 Å². The fourth-order valence-corrected chi connectivity index (χ4v) is 2.74. The van der Waals surface area contributed by atoms with Gasteiger partial charge in [-0.3, -0.25) is 9.59 Å². The number of nitrogens with zero attached hydrogens (tertiary/aromatic N) is 2. The van der Waals surface area contributed by atoms with Crippen LogP contribution in [-0.2, 0) is 11.3 Å². The Balaban J connectivity index is 2.02. The average molecular weight is 357 g/mol. The van der Waals surface area contributed by atoms with E-state index in [9.17, 15) is 9.59 Å². The first-order valence-corrected chi connectivity index (χ1v) is 7.78. The third-order valence-corrected chi connectivity index (χ3v) is 4.22. The van der Waals surface area contributed by atoms with E-state index in [1.54, 1.807) is 24.3 Å². The summed E-state index contributed by atoms with van der Waals surface area (Å²) in [7, 11) is 0. The van der Waals surface area contributed by atoms with Gasteiger partial charge in [0.15, 0.2) is 18.1 Å². The van der Waals surface area contributed by atoms with Crippen LogP contribution in [0, 0.1) is 6.57 Å². The maximum absolute atomic E-state index is 12.3. The van der Waals surface area contributed by atoms with E-state index in [1.165, 1.54) is 17.0 Å². The molecule has 0 spiro atoms. The highest BCUT2D eigenvalue weighted by Crippen LogP contribution is 2.35. The molecule has 1 N–H and O–H groups in total. The molecule has 1 amide bonds. The second-order valence-corrected chi connectivity index (χ2v) is 5.83. The third-order valence-electron chi connectivity index (χ3n) is 3.85. The van der Waals surface area contributed by atoms with Crippen LogP contribution >= 0.6 is 11.6 Å². The molecule has 1 heterocycles. The zero-order valence-corrected chi connectivity index (χ0v) is 13.8. The van der Waals surface area contributed by atoms with Gasteiger partial charge in [0.25, 0.3) is 5.91 Å². The number of amides is 1. The van der Waals surface area contributed by atoms with E-state index in [0.29, 0.717) is 27.7 Å². The molecule has 7 heteroatoms. The fraction of sp³-hybridized carbons (Fsp3) is 0.167. The molecule has 126 valence electrons. The van der Waals surface area contributed by atoms with Crippen molar-refractivity contribution < 1.29 is 19.4 Å². The number of benzene rings is 2. The Morgan fingerprint density at radius 2 is 2.12 bits per heavy atom. The van der Waals surface area contributed by atoms with Gasteiger partial charge in [-0.05, 0) is 23.8 Å². The Bertz CT molecular complexity index is 904. The van der Waals surface area contributed by atoms with Crippen molar-refractivity contribution in [1.29, 1.82) is 0 Å². The molecule has 0 aliphatic carbocycles. The van der Waals surface area contributed by atoms with Gasteiger partial charge in [-0.1, -0.05) is 29.8 Å². The number of fused-ring (bicyclic) bond motifs is 1. The molecular weight excluding hydrogens is 344 g/mol. The van der Waals surface area contributed by atoms with Crippen molar-refractivity contribution in [2.24, 2.45) is 0 Å². The van der Waals surface area contributed by atoms with E-state index in [2.05, 4.69) is 4.85 Å². The molecule has 0 fully saturated rings. The van der Waals surface area contributed by atoms with Gasteiger partial charge < -0.3 is 14.7 Å². The summed E-state index contributed by atoms with van der Waals surface area (Å²) in [5.41, 5.74) is 1.75. The zero-order valence-electron chi connectivity index (χ0n) is 13.0. The van der Waals surface area contributed by atoms with Crippen LogP contribution in [0.1, 0.15) is 15.9 Å². The largest absolute Gasteiger partial charge is 0.482 e. The molecule has 25 heavy (non-hydrogen) atoms. The quantitative estimate of drug-likeness (QED) is 0.675. The number of Topliss-reactive ketones (excluding diaryl/α,β-unsaturated/α-hetero) is 1. The number of halogens is 1. The van der Waals surface area contributed by atoms with E-state index in [4.69, 9.17) is 28.0 Å². The smallest absolute Gasteiger partial charge is 0.265 e. The molecule has 0 bridgehead atoms. The molecule has 1 aliphatic rings. The van der Waals surface area contributed by atoms with Crippen LogP contribution in [0.25, 0.3) is 4.85 Å². The standard InChI is InChI=1S/C18H13ClN2O4/c1-20-13-3-4-14(19)12(6-13)8-21-15-7-11(16(23)9-22)2-5-17(15)25-10-18(21)24/h2-7,22H,8-10H2. The molecule has 3 rings (SSSR count). The van der Waals surface area contributed by atoms with Crippen molar-refractivity contribution in [3.05, 3.63) is 64.0 Å². The van der Waals surface area contributed by atoms with Crippen molar-refractivity contribution in [3.63, 3.8) is 0 Å². The second kappa shape index (κ2) is 6.93. The minimum absolute atomic E-state index is 0.125. The lowest BCUT2D eigenvalue weighted by atomic mass is 10.1. The van der Waals surface area contributed by atoms with Crippen LogP contribution < -0.4 is 9.64 Å². The summed E-state index contributed by atoms with van der Waals surface area (Å²) in [6, 6.07) is 9.48. The summed E-state index contributed by atoms with van der Waals surface area (Å²) >= 11 is 6.19. The number of aliphatic hydroxyl groups excluding tert-OH is 1. The van der Waals surface area contributed by atoms with Crippen LogP contribution in [0.5, 0.6) is 5.75 Å². The summed E-state index contributed by atoms with van der Waals surface area (Å²) in [6.45, 7) is 6.51. The zero-order chi connectivity index (χ0) is 18.0. The number of hydrogen-bond acceptors (Lipinski definition) is 4. The van der Waals surface area contributed by atoms with Gasteiger partial charge in [0, 0.05) is 10.6 Å². The van der Waals surface area contributed by atoms with Crippen LogP contribution in [0.15, 0.2) is 36.4 Å². The van der Waals surface area contributed by atoms with Gasteiger partial charge in [-0.25, -0.2) is 4.85 Å². The lowest BCUT2D eigenvalue weighted by molar-refractivity contribution is -0.121. The highest BCUT2D eigenvalue weighted by Gasteiger charge is 2.27. The van der Waals surface area contributed by atoms with E-state index < -0.39 is 12.4 Å². The number of anilines is 1. The molecule has 2 aromatic carbocycles. The normalized spacial score (nSPS) is 13.0. The maximum Gasteiger partial charge on any atom is 0.265 e. The van der Waals surface area contributed by atoms with Crippen LogP contribution in [0.4, 0.5) is 11.4 Å². The molecule has 0 saturated carbocycles. The van der Waals surface area contributed by atoms with Crippen LogP contribution in [-0.4, -0.2) is 30.0 Å². The molecule has 1 aliphatic heterocycles.